The van der Waals surface area contributed by atoms with Crippen LogP contribution in [0.5, 0.6) is 0 Å². The van der Waals surface area contributed by atoms with Crippen molar-refractivity contribution >= 4 is 12.2 Å². The summed E-state index contributed by atoms with van der Waals surface area (Å²) in [4.78, 5) is 24.3. The molecule has 0 bridgehead atoms. The summed E-state index contributed by atoms with van der Waals surface area (Å²) in [5, 5.41) is 0. The van der Waals surface area contributed by atoms with E-state index in [1.54, 1.807) is 4.90 Å². The van der Waals surface area contributed by atoms with E-state index in [9.17, 15) is 9.59 Å². The van der Waals surface area contributed by atoms with E-state index in [1.807, 2.05) is 13.8 Å². The van der Waals surface area contributed by atoms with Crippen molar-refractivity contribution in [2.45, 2.75) is 13.8 Å². The molecule has 1 rings (SSSR count). The molecule has 0 aromatic heterocycles. The Hall–Kier alpha value is -0.900. The molecular weight excluding hydrogens is 182 g/mol. The molecule has 1 fully saturated rings. The molecule has 0 aromatic carbocycles. The van der Waals surface area contributed by atoms with Gasteiger partial charge in [-0.1, -0.05) is 13.8 Å². The second-order valence-corrected chi connectivity index (χ2v) is 3.84. The summed E-state index contributed by atoms with van der Waals surface area (Å²) in [6.07, 6.45) is 0.752. The van der Waals surface area contributed by atoms with Crippen LogP contribution in [0.4, 0.5) is 0 Å². The minimum atomic E-state index is -0.493. The maximum atomic E-state index is 11.8. The normalized spacial score (nSPS) is 19.5. The van der Waals surface area contributed by atoms with Crippen LogP contribution < -0.4 is 0 Å². The van der Waals surface area contributed by atoms with Gasteiger partial charge in [-0.2, -0.15) is 0 Å². The minimum Gasteiger partial charge on any atom is -0.378 e. The molecule has 1 atom stereocenters. The first-order valence-electron chi connectivity index (χ1n) is 4.98. The second kappa shape index (κ2) is 5.10. The molecule has 0 N–H and O–H groups in total. The van der Waals surface area contributed by atoms with Crippen molar-refractivity contribution in [3.63, 3.8) is 0 Å². The van der Waals surface area contributed by atoms with Gasteiger partial charge >= 0.3 is 0 Å². The van der Waals surface area contributed by atoms with E-state index in [-0.39, 0.29) is 11.8 Å². The third-order valence-corrected chi connectivity index (χ3v) is 2.47. The summed E-state index contributed by atoms with van der Waals surface area (Å²) < 4.78 is 5.14. The second-order valence-electron chi connectivity index (χ2n) is 3.84. The predicted molar refractivity (Wildman–Crippen MR) is 51.8 cm³/mol. The molecule has 0 saturated carbocycles. The van der Waals surface area contributed by atoms with Gasteiger partial charge in [0.05, 0.1) is 19.1 Å². The van der Waals surface area contributed by atoms with Crippen LogP contribution in [0, 0.1) is 11.8 Å². The predicted octanol–water partition coefficient (Wildman–Crippen LogP) is 0.316. The molecular formula is C10H17NO3. The van der Waals surface area contributed by atoms with Crippen LogP contribution in [0.15, 0.2) is 0 Å². The van der Waals surface area contributed by atoms with Crippen LogP contribution in [0.1, 0.15) is 13.8 Å². The van der Waals surface area contributed by atoms with E-state index in [0.29, 0.717) is 26.3 Å². The summed E-state index contributed by atoms with van der Waals surface area (Å²) >= 11 is 0. The van der Waals surface area contributed by atoms with Crippen LogP contribution in [-0.4, -0.2) is 43.4 Å². The molecule has 0 aliphatic carbocycles. The average molecular weight is 199 g/mol. The molecule has 0 aromatic rings. The van der Waals surface area contributed by atoms with Gasteiger partial charge in [-0.05, 0) is 5.92 Å². The van der Waals surface area contributed by atoms with Crippen molar-refractivity contribution < 1.29 is 14.3 Å². The van der Waals surface area contributed by atoms with Crippen molar-refractivity contribution in [1.29, 1.82) is 0 Å². The third-order valence-electron chi connectivity index (χ3n) is 2.47. The van der Waals surface area contributed by atoms with E-state index >= 15 is 0 Å². The molecule has 0 spiro atoms. The first-order valence-corrected chi connectivity index (χ1v) is 4.98. The minimum absolute atomic E-state index is 0.0571. The van der Waals surface area contributed by atoms with Gasteiger partial charge < -0.3 is 14.4 Å². The maximum absolute atomic E-state index is 11.8. The quantitative estimate of drug-likeness (QED) is 0.485. The summed E-state index contributed by atoms with van der Waals surface area (Å²) in [6.45, 7) is 6.14. The van der Waals surface area contributed by atoms with Crippen LogP contribution >= 0.6 is 0 Å². The van der Waals surface area contributed by atoms with Crippen LogP contribution in [0.3, 0.4) is 0 Å². The highest BCUT2D eigenvalue weighted by atomic mass is 16.5. The van der Waals surface area contributed by atoms with Crippen molar-refractivity contribution in [2.24, 2.45) is 11.8 Å². The highest BCUT2D eigenvalue weighted by Gasteiger charge is 2.27. The molecule has 4 heteroatoms. The van der Waals surface area contributed by atoms with E-state index in [1.165, 1.54) is 0 Å². The molecule has 14 heavy (non-hydrogen) atoms. The molecule has 1 heterocycles. The number of hydrogen-bond donors (Lipinski definition) is 0. The standard InChI is InChI=1S/C10H17NO3/c1-8(2)9(7-12)10(13)11-3-5-14-6-4-11/h7-9H,3-6H2,1-2H3. The Labute approximate surface area is 84.2 Å². The lowest BCUT2D eigenvalue weighted by Crippen LogP contribution is -2.45. The number of amides is 1. The van der Waals surface area contributed by atoms with Crippen LogP contribution in [-0.2, 0) is 14.3 Å². The van der Waals surface area contributed by atoms with E-state index < -0.39 is 5.92 Å². The lowest BCUT2D eigenvalue weighted by Gasteiger charge is -2.29. The van der Waals surface area contributed by atoms with Gasteiger partial charge in [0.1, 0.15) is 6.29 Å². The van der Waals surface area contributed by atoms with Gasteiger partial charge in [-0.25, -0.2) is 0 Å². The highest BCUT2D eigenvalue weighted by molar-refractivity contribution is 5.91. The number of carbonyl (C=O) groups is 2. The maximum Gasteiger partial charge on any atom is 0.233 e. The fraction of sp³-hybridized carbons (Fsp3) is 0.800. The first kappa shape index (κ1) is 11.2. The highest BCUT2D eigenvalue weighted by Crippen LogP contribution is 2.12. The van der Waals surface area contributed by atoms with Crippen molar-refractivity contribution in [2.75, 3.05) is 26.3 Å². The van der Waals surface area contributed by atoms with Gasteiger partial charge in [0, 0.05) is 13.1 Å². The summed E-state index contributed by atoms with van der Waals surface area (Å²) in [5.74, 6) is -0.478. The van der Waals surface area contributed by atoms with E-state index in [2.05, 4.69) is 0 Å². The van der Waals surface area contributed by atoms with Crippen molar-refractivity contribution in [3.8, 4) is 0 Å². The molecule has 1 amide bonds. The number of carbonyl (C=O) groups excluding carboxylic acids is 2. The van der Waals surface area contributed by atoms with Gasteiger partial charge in [-0.3, -0.25) is 4.79 Å². The lowest BCUT2D eigenvalue weighted by atomic mass is 9.96. The van der Waals surface area contributed by atoms with Gasteiger partial charge in [-0.15, -0.1) is 0 Å². The summed E-state index contributed by atoms with van der Waals surface area (Å²) in [7, 11) is 0. The van der Waals surface area contributed by atoms with Crippen molar-refractivity contribution in [3.05, 3.63) is 0 Å². The monoisotopic (exact) mass is 199 g/mol. The number of rotatable bonds is 3. The zero-order valence-electron chi connectivity index (χ0n) is 8.73. The molecule has 4 nitrogen and oxygen atoms in total. The summed E-state index contributed by atoms with van der Waals surface area (Å²) in [5.41, 5.74) is 0. The Morgan fingerprint density at radius 1 is 1.36 bits per heavy atom. The van der Waals surface area contributed by atoms with E-state index in [0.717, 1.165) is 6.29 Å². The first-order chi connectivity index (χ1) is 6.66. The van der Waals surface area contributed by atoms with E-state index in [4.69, 9.17) is 4.74 Å². The number of morpholine rings is 1. The van der Waals surface area contributed by atoms with Gasteiger partial charge in [0.2, 0.25) is 5.91 Å². The Morgan fingerprint density at radius 3 is 2.36 bits per heavy atom. The third kappa shape index (κ3) is 2.54. The Balaban J connectivity index is 2.56. The molecule has 1 aliphatic rings. The molecule has 1 unspecified atom stereocenters. The number of ether oxygens (including phenoxy) is 1. The SMILES string of the molecule is CC(C)C(C=O)C(=O)N1CCOCC1. The Morgan fingerprint density at radius 2 is 1.93 bits per heavy atom. The molecule has 0 radical (unpaired) electrons. The fourth-order valence-corrected chi connectivity index (χ4v) is 1.50. The molecule has 80 valence electrons. The largest absolute Gasteiger partial charge is 0.378 e. The fourth-order valence-electron chi connectivity index (χ4n) is 1.50. The lowest BCUT2D eigenvalue weighted by molar-refractivity contribution is -0.143. The Kier molecular flexibility index (Phi) is 4.07. The average Bonchev–Trinajstić information content (AvgIpc) is 2.19. The van der Waals surface area contributed by atoms with Gasteiger partial charge in [0.25, 0.3) is 0 Å². The zero-order valence-corrected chi connectivity index (χ0v) is 8.73. The molecule has 1 aliphatic heterocycles. The topological polar surface area (TPSA) is 46.6 Å². The molecule has 1 saturated heterocycles. The Bertz CT molecular complexity index is 209. The van der Waals surface area contributed by atoms with Gasteiger partial charge in [0.15, 0.2) is 0 Å². The zero-order chi connectivity index (χ0) is 10.6. The van der Waals surface area contributed by atoms with Crippen LogP contribution in [0.2, 0.25) is 0 Å². The van der Waals surface area contributed by atoms with Crippen LogP contribution in [0.25, 0.3) is 0 Å². The number of hydrogen-bond acceptors (Lipinski definition) is 3. The number of nitrogens with zero attached hydrogens (tertiary/aromatic N) is 1. The van der Waals surface area contributed by atoms with Crippen molar-refractivity contribution in [1.82, 2.24) is 4.90 Å². The smallest absolute Gasteiger partial charge is 0.233 e. The summed E-state index contributed by atoms with van der Waals surface area (Å²) in [6, 6.07) is 0. The number of aldehydes is 1.